The lowest BCUT2D eigenvalue weighted by Crippen LogP contribution is -2.05. The molecule has 4 heteroatoms. The fraction of sp³-hybridized carbons (Fsp3) is 0.273. The highest BCUT2D eigenvalue weighted by Crippen LogP contribution is 2.34. The smallest absolute Gasteiger partial charge is 0.148 e. The summed E-state index contributed by atoms with van der Waals surface area (Å²) >= 11 is 3.25. The minimum absolute atomic E-state index is 0.0593. The van der Waals surface area contributed by atoms with E-state index >= 15 is 0 Å². The summed E-state index contributed by atoms with van der Waals surface area (Å²) in [5, 5.41) is 8.93. The maximum atomic E-state index is 11.3. The van der Waals surface area contributed by atoms with Crippen LogP contribution in [0, 0.1) is 11.3 Å². The van der Waals surface area contributed by atoms with Gasteiger partial charge in [0.05, 0.1) is 18.7 Å². The van der Waals surface area contributed by atoms with Crippen LogP contribution in [0.4, 0.5) is 0 Å². The van der Waals surface area contributed by atoms with Crippen LogP contribution >= 0.6 is 15.9 Å². The SMILES string of the molecule is COc1cccc(C#N)c1C(Br)C(C)=O. The minimum Gasteiger partial charge on any atom is -0.496 e. The van der Waals surface area contributed by atoms with E-state index in [4.69, 9.17) is 10.00 Å². The minimum atomic E-state index is -0.497. The van der Waals surface area contributed by atoms with Gasteiger partial charge in [-0.15, -0.1) is 0 Å². The molecule has 1 atom stereocenters. The molecule has 15 heavy (non-hydrogen) atoms. The number of ether oxygens (including phenoxy) is 1. The average molecular weight is 268 g/mol. The normalized spacial score (nSPS) is 11.6. The third kappa shape index (κ3) is 2.37. The molecule has 0 aliphatic heterocycles. The number of ketones is 1. The molecule has 0 N–H and O–H groups in total. The zero-order valence-corrected chi connectivity index (χ0v) is 10.0. The highest BCUT2D eigenvalue weighted by Gasteiger charge is 2.20. The van der Waals surface area contributed by atoms with E-state index < -0.39 is 4.83 Å². The lowest BCUT2D eigenvalue weighted by Gasteiger charge is -2.13. The zero-order valence-electron chi connectivity index (χ0n) is 8.45. The van der Waals surface area contributed by atoms with Crippen molar-refractivity contribution in [3.63, 3.8) is 0 Å². The molecular weight excluding hydrogens is 258 g/mol. The molecule has 0 saturated heterocycles. The summed E-state index contributed by atoms with van der Waals surface area (Å²) in [6.07, 6.45) is 0. The molecule has 78 valence electrons. The second-order valence-electron chi connectivity index (χ2n) is 3.01. The van der Waals surface area contributed by atoms with Crippen molar-refractivity contribution < 1.29 is 9.53 Å². The first-order valence-corrected chi connectivity index (χ1v) is 5.25. The van der Waals surface area contributed by atoms with Crippen molar-refractivity contribution in [1.82, 2.24) is 0 Å². The number of carbonyl (C=O) groups is 1. The second-order valence-corrected chi connectivity index (χ2v) is 3.92. The summed E-state index contributed by atoms with van der Waals surface area (Å²) in [6, 6.07) is 7.16. The standard InChI is InChI=1S/C11H10BrNO2/c1-7(14)11(12)10-8(6-13)4-3-5-9(10)15-2/h3-5,11H,1-2H3. The number of nitriles is 1. The number of carbonyl (C=O) groups excluding carboxylic acids is 1. The Morgan fingerprint density at radius 2 is 2.27 bits per heavy atom. The van der Waals surface area contributed by atoms with Gasteiger partial charge in [-0.25, -0.2) is 0 Å². The van der Waals surface area contributed by atoms with Gasteiger partial charge in [0.25, 0.3) is 0 Å². The van der Waals surface area contributed by atoms with Gasteiger partial charge in [0.15, 0.2) is 0 Å². The topological polar surface area (TPSA) is 50.1 Å². The summed E-state index contributed by atoms with van der Waals surface area (Å²) in [6.45, 7) is 1.47. The Morgan fingerprint density at radius 3 is 2.73 bits per heavy atom. The third-order valence-corrected chi connectivity index (χ3v) is 3.12. The van der Waals surface area contributed by atoms with Crippen molar-refractivity contribution in [2.75, 3.05) is 7.11 Å². The van der Waals surface area contributed by atoms with Gasteiger partial charge < -0.3 is 4.74 Å². The highest BCUT2D eigenvalue weighted by molar-refractivity contribution is 9.09. The molecule has 0 aliphatic carbocycles. The van der Waals surface area contributed by atoms with Crippen LogP contribution in [-0.4, -0.2) is 12.9 Å². The van der Waals surface area contributed by atoms with Crippen molar-refractivity contribution in [3.05, 3.63) is 29.3 Å². The lowest BCUT2D eigenvalue weighted by molar-refractivity contribution is -0.116. The van der Waals surface area contributed by atoms with Crippen molar-refractivity contribution in [2.24, 2.45) is 0 Å². The molecule has 1 unspecified atom stereocenters. The van der Waals surface area contributed by atoms with E-state index in [2.05, 4.69) is 15.9 Å². The van der Waals surface area contributed by atoms with Gasteiger partial charge in [0.1, 0.15) is 16.4 Å². The molecule has 0 saturated carbocycles. The van der Waals surface area contributed by atoms with Gasteiger partial charge in [-0.1, -0.05) is 22.0 Å². The molecule has 0 radical (unpaired) electrons. The third-order valence-electron chi connectivity index (χ3n) is 2.02. The Kier molecular flexibility index (Phi) is 3.87. The lowest BCUT2D eigenvalue weighted by atomic mass is 10.0. The van der Waals surface area contributed by atoms with Crippen LogP contribution in [0.5, 0.6) is 5.75 Å². The number of halogens is 1. The molecule has 1 rings (SSSR count). The van der Waals surface area contributed by atoms with Crippen LogP contribution in [0.3, 0.4) is 0 Å². The first-order chi connectivity index (χ1) is 7.11. The molecule has 1 aromatic carbocycles. The van der Waals surface area contributed by atoms with Gasteiger partial charge >= 0.3 is 0 Å². The van der Waals surface area contributed by atoms with Gasteiger partial charge in [0.2, 0.25) is 0 Å². The molecule has 0 amide bonds. The van der Waals surface area contributed by atoms with E-state index in [1.807, 2.05) is 6.07 Å². The van der Waals surface area contributed by atoms with E-state index in [1.165, 1.54) is 14.0 Å². The van der Waals surface area contributed by atoms with E-state index in [-0.39, 0.29) is 5.78 Å². The molecule has 0 aliphatic rings. The van der Waals surface area contributed by atoms with E-state index in [1.54, 1.807) is 18.2 Å². The molecule has 0 heterocycles. The molecule has 0 spiro atoms. The van der Waals surface area contributed by atoms with E-state index in [0.717, 1.165) is 0 Å². The van der Waals surface area contributed by atoms with Crippen molar-refractivity contribution >= 4 is 21.7 Å². The van der Waals surface area contributed by atoms with E-state index in [0.29, 0.717) is 16.9 Å². The summed E-state index contributed by atoms with van der Waals surface area (Å²) < 4.78 is 5.13. The van der Waals surface area contributed by atoms with Crippen LogP contribution in [0.25, 0.3) is 0 Å². The fourth-order valence-electron chi connectivity index (χ4n) is 1.28. The predicted molar refractivity (Wildman–Crippen MR) is 60.1 cm³/mol. The quantitative estimate of drug-likeness (QED) is 0.791. The number of hydrogen-bond donors (Lipinski definition) is 0. The van der Waals surface area contributed by atoms with E-state index in [9.17, 15) is 4.79 Å². The van der Waals surface area contributed by atoms with Crippen LogP contribution in [-0.2, 0) is 4.79 Å². The molecule has 3 nitrogen and oxygen atoms in total. The van der Waals surface area contributed by atoms with Crippen molar-refractivity contribution in [3.8, 4) is 11.8 Å². The van der Waals surface area contributed by atoms with Crippen LogP contribution in [0.2, 0.25) is 0 Å². The Hall–Kier alpha value is -1.34. The summed E-state index contributed by atoms with van der Waals surface area (Å²) in [4.78, 5) is 10.8. The van der Waals surface area contributed by atoms with Gasteiger partial charge in [-0.2, -0.15) is 5.26 Å². The Bertz CT molecular complexity index is 423. The summed E-state index contributed by atoms with van der Waals surface area (Å²) in [7, 11) is 1.51. The number of benzene rings is 1. The molecule has 0 bridgehead atoms. The summed E-state index contributed by atoms with van der Waals surface area (Å²) in [5.74, 6) is 0.488. The first kappa shape index (κ1) is 11.7. The Labute approximate surface area is 96.8 Å². The zero-order chi connectivity index (χ0) is 11.4. The maximum absolute atomic E-state index is 11.3. The predicted octanol–water partition coefficient (Wildman–Crippen LogP) is 2.59. The van der Waals surface area contributed by atoms with Crippen LogP contribution in [0.15, 0.2) is 18.2 Å². The summed E-state index contributed by atoms with van der Waals surface area (Å²) in [5.41, 5.74) is 1.04. The first-order valence-electron chi connectivity index (χ1n) is 4.33. The molecular formula is C11H10BrNO2. The average Bonchev–Trinajstić information content (AvgIpc) is 2.26. The molecule has 1 aromatic rings. The number of rotatable bonds is 3. The van der Waals surface area contributed by atoms with Gasteiger partial charge in [0, 0.05) is 5.56 Å². The maximum Gasteiger partial charge on any atom is 0.148 e. The Balaban J connectivity index is 3.35. The van der Waals surface area contributed by atoms with Crippen LogP contribution in [0.1, 0.15) is 22.9 Å². The Morgan fingerprint density at radius 1 is 1.60 bits per heavy atom. The van der Waals surface area contributed by atoms with Crippen molar-refractivity contribution in [1.29, 1.82) is 5.26 Å². The molecule has 0 fully saturated rings. The van der Waals surface area contributed by atoms with Gasteiger partial charge in [-0.3, -0.25) is 4.79 Å². The number of nitrogens with zero attached hydrogens (tertiary/aromatic N) is 1. The van der Waals surface area contributed by atoms with Gasteiger partial charge in [-0.05, 0) is 19.1 Å². The highest BCUT2D eigenvalue weighted by atomic mass is 79.9. The number of methoxy groups -OCH3 is 1. The van der Waals surface area contributed by atoms with Crippen LogP contribution < -0.4 is 4.74 Å². The number of alkyl halides is 1. The number of Topliss-reactive ketones (excluding diaryl/α,β-unsaturated/α-hetero) is 1. The fourth-order valence-corrected chi connectivity index (χ4v) is 1.76. The largest absolute Gasteiger partial charge is 0.496 e. The van der Waals surface area contributed by atoms with Crippen molar-refractivity contribution in [2.45, 2.75) is 11.8 Å². The monoisotopic (exact) mass is 267 g/mol. The second kappa shape index (κ2) is 4.94. The number of hydrogen-bond acceptors (Lipinski definition) is 3. The molecule has 0 aromatic heterocycles.